The molecular formula is C18H22N4O. The molecule has 0 saturated carbocycles. The smallest absolute Gasteiger partial charge is 0.128 e. The highest BCUT2D eigenvalue weighted by Crippen LogP contribution is 2.13. The summed E-state index contributed by atoms with van der Waals surface area (Å²) in [5.74, 6) is 1.94. The molecule has 0 atom stereocenters. The Morgan fingerprint density at radius 3 is 2.52 bits per heavy atom. The van der Waals surface area contributed by atoms with Crippen LogP contribution < -0.4 is 9.64 Å². The fraction of sp³-hybridized carbons (Fsp3) is 0.333. The van der Waals surface area contributed by atoms with Crippen LogP contribution in [-0.4, -0.2) is 49.0 Å². The van der Waals surface area contributed by atoms with Gasteiger partial charge in [-0.25, -0.2) is 4.98 Å². The van der Waals surface area contributed by atoms with Crippen LogP contribution in [0.3, 0.4) is 0 Å². The van der Waals surface area contributed by atoms with Gasteiger partial charge in [-0.3, -0.25) is 5.01 Å². The first-order valence-electron chi connectivity index (χ1n) is 8.03. The molecule has 1 fully saturated rings. The van der Waals surface area contributed by atoms with Gasteiger partial charge in [0.2, 0.25) is 0 Å². The number of nitrogens with zero attached hydrogens (tertiary/aromatic N) is 4. The summed E-state index contributed by atoms with van der Waals surface area (Å²) in [5, 5.41) is 6.68. The van der Waals surface area contributed by atoms with Crippen LogP contribution in [0.5, 0.6) is 5.75 Å². The molecular weight excluding hydrogens is 288 g/mol. The molecule has 2 heterocycles. The van der Waals surface area contributed by atoms with Crippen LogP contribution in [-0.2, 0) is 0 Å². The second kappa shape index (κ2) is 7.63. The number of hydrazone groups is 1. The second-order valence-corrected chi connectivity index (χ2v) is 5.38. The van der Waals surface area contributed by atoms with Crippen LogP contribution in [0.15, 0.2) is 53.8 Å². The molecule has 120 valence electrons. The van der Waals surface area contributed by atoms with Crippen LogP contribution >= 0.6 is 0 Å². The number of benzene rings is 1. The number of ether oxygens (including phenoxy) is 1. The van der Waals surface area contributed by atoms with Gasteiger partial charge in [0.15, 0.2) is 0 Å². The van der Waals surface area contributed by atoms with Crippen molar-refractivity contribution in [1.29, 1.82) is 0 Å². The molecule has 0 radical (unpaired) electrons. The highest BCUT2D eigenvalue weighted by Gasteiger charge is 2.15. The molecule has 1 aliphatic heterocycles. The van der Waals surface area contributed by atoms with E-state index in [1.807, 2.05) is 55.7 Å². The molecule has 0 spiro atoms. The number of piperazine rings is 1. The van der Waals surface area contributed by atoms with Gasteiger partial charge in [0.1, 0.15) is 11.6 Å². The van der Waals surface area contributed by atoms with Crippen LogP contribution in [0.25, 0.3) is 0 Å². The Balaban J connectivity index is 1.52. The monoisotopic (exact) mass is 310 g/mol. The number of anilines is 1. The van der Waals surface area contributed by atoms with Gasteiger partial charge in [0.05, 0.1) is 25.9 Å². The third-order valence-electron chi connectivity index (χ3n) is 3.79. The van der Waals surface area contributed by atoms with Gasteiger partial charge in [-0.1, -0.05) is 6.07 Å². The van der Waals surface area contributed by atoms with Crippen molar-refractivity contribution in [2.75, 3.05) is 37.7 Å². The van der Waals surface area contributed by atoms with Crippen LogP contribution in [0.4, 0.5) is 5.82 Å². The van der Waals surface area contributed by atoms with Crippen molar-refractivity contribution < 1.29 is 4.74 Å². The van der Waals surface area contributed by atoms with E-state index in [-0.39, 0.29) is 0 Å². The minimum atomic E-state index is 0.688. The maximum atomic E-state index is 5.44. The minimum absolute atomic E-state index is 0.688. The molecule has 2 aromatic rings. The number of hydrogen-bond donors (Lipinski definition) is 0. The maximum absolute atomic E-state index is 5.44. The summed E-state index contributed by atoms with van der Waals surface area (Å²) in [6.45, 7) is 6.37. The van der Waals surface area contributed by atoms with Gasteiger partial charge in [-0.15, -0.1) is 0 Å². The molecule has 0 unspecified atom stereocenters. The first-order chi connectivity index (χ1) is 11.3. The second-order valence-electron chi connectivity index (χ2n) is 5.38. The van der Waals surface area contributed by atoms with Gasteiger partial charge in [-0.05, 0) is 48.9 Å². The Hall–Kier alpha value is -2.56. The molecule has 1 aliphatic rings. The molecule has 0 amide bonds. The van der Waals surface area contributed by atoms with Crippen LogP contribution in [0.1, 0.15) is 12.5 Å². The van der Waals surface area contributed by atoms with Crippen molar-refractivity contribution in [1.82, 2.24) is 9.99 Å². The van der Waals surface area contributed by atoms with E-state index in [2.05, 4.69) is 26.1 Å². The van der Waals surface area contributed by atoms with Gasteiger partial charge in [0.25, 0.3) is 0 Å². The van der Waals surface area contributed by atoms with Crippen molar-refractivity contribution >= 4 is 12.0 Å². The molecule has 1 saturated heterocycles. The molecule has 3 rings (SSSR count). The fourth-order valence-electron chi connectivity index (χ4n) is 2.55. The average molecular weight is 310 g/mol. The summed E-state index contributed by atoms with van der Waals surface area (Å²) in [6, 6.07) is 14.0. The van der Waals surface area contributed by atoms with Crippen LogP contribution in [0, 0.1) is 0 Å². The van der Waals surface area contributed by atoms with E-state index >= 15 is 0 Å². The molecule has 5 nitrogen and oxygen atoms in total. The molecule has 0 aliphatic carbocycles. The number of hydrogen-bond acceptors (Lipinski definition) is 5. The van der Waals surface area contributed by atoms with Crippen molar-refractivity contribution in [3.63, 3.8) is 0 Å². The Bertz CT molecular complexity index is 619. The lowest BCUT2D eigenvalue weighted by atomic mass is 10.2. The lowest BCUT2D eigenvalue weighted by Gasteiger charge is -2.33. The fourth-order valence-corrected chi connectivity index (χ4v) is 2.55. The van der Waals surface area contributed by atoms with Gasteiger partial charge >= 0.3 is 0 Å². The zero-order valence-electron chi connectivity index (χ0n) is 13.4. The van der Waals surface area contributed by atoms with Gasteiger partial charge < -0.3 is 9.64 Å². The largest absolute Gasteiger partial charge is 0.494 e. The first-order valence-corrected chi connectivity index (χ1v) is 8.03. The molecule has 1 aromatic heterocycles. The Morgan fingerprint density at radius 2 is 1.87 bits per heavy atom. The quantitative estimate of drug-likeness (QED) is 0.796. The summed E-state index contributed by atoms with van der Waals surface area (Å²) >= 11 is 0. The van der Waals surface area contributed by atoms with Crippen LogP contribution in [0.2, 0.25) is 0 Å². The number of rotatable bonds is 5. The van der Waals surface area contributed by atoms with Crippen molar-refractivity contribution in [2.45, 2.75) is 6.92 Å². The number of pyridine rings is 1. The molecule has 1 aromatic carbocycles. The summed E-state index contributed by atoms with van der Waals surface area (Å²) in [4.78, 5) is 6.70. The first kappa shape index (κ1) is 15.3. The molecule has 23 heavy (non-hydrogen) atoms. The van der Waals surface area contributed by atoms with E-state index in [9.17, 15) is 0 Å². The highest BCUT2D eigenvalue weighted by atomic mass is 16.5. The normalized spacial score (nSPS) is 15.2. The van der Waals surface area contributed by atoms with Crippen molar-refractivity contribution in [2.24, 2.45) is 5.10 Å². The predicted octanol–water partition coefficient (Wildman–Crippen LogP) is 2.64. The van der Waals surface area contributed by atoms with Gasteiger partial charge in [0, 0.05) is 19.3 Å². The van der Waals surface area contributed by atoms with E-state index in [4.69, 9.17) is 4.74 Å². The van der Waals surface area contributed by atoms with E-state index in [0.717, 1.165) is 43.3 Å². The lowest BCUT2D eigenvalue weighted by Crippen LogP contribution is -2.44. The summed E-state index contributed by atoms with van der Waals surface area (Å²) in [5.41, 5.74) is 1.08. The van der Waals surface area contributed by atoms with E-state index in [0.29, 0.717) is 6.61 Å². The summed E-state index contributed by atoms with van der Waals surface area (Å²) in [7, 11) is 0. The average Bonchev–Trinajstić information content (AvgIpc) is 2.63. The zero-order chi connectivity index (χ0) is 15.9. The third-order valence-corrected chi connectivity index (χ3v) is 3.79. The maximum Gasteiger partial charge on any atom is 0.128 e. The third kappa shape index (κ3) is 4.22. The Kier molecular flexibility index (Phi) is 5.09. The molecule has 0 bridgehead atoms. The zero-order valence-corrected chi connectivity index (χ0v) is 13.4. The highest BCUT2D eigenvalue weighted by molar-refractivity contribution is 5.79. The lowest BCUT2D eigenvalue weighted by molar-refractivity contribution is 0.271. The van der Waals surface area contributed by atoms with E-state index < -0.39 is 0 Å². The predicted molar refractivity (Wildman–Crippen MR) is 93.2 cm³/mol. The molecule has 0 N–H and O–H groups in total. The van der Waals surface area contributed by atoms with Gasteiger partial charge in [-0.2, -0.15) is 5.10 Å². The van der Waals surface area contributed by atoms with E-state index in [1.54, 1.807) is 0 Å². The standard InChI is InChI=1S/C18H22N4O/c1-2-23-17-8-6-16(7-9-17)15-20-22-13-11-21(12-14-22)18-5-3-4-10-19-18/h3-10,15H,2,11-14H2,1H3/b20-15+. The Labute approximate surface area is 137 Å². The summed E-state index contributed by atoms with van der Waals surface area (Å²) < 4.78 is 5.44. The Morgan fingerprint density at radius 1 is 1.09 bits per heavy atom. The van der Waals surface area contributed by atoms with Crippen molar-refractivity contribution in [3.05, 3.63) is 54.2 Å². The van der Waals surface area contributed by atoms with E-state index in [1.165, 1.54) is 0 Å². The number of aromatic nitrogens is 1. The van der Waals surface area contributed by atoms with Crippen molar-refractivity contribution in [3.8, 4) is 5.75 Å². The summed E-state index contributed by atoms with van der Waals surface area (Å²) in [6.07, 6.45) is 3.75. The topological polar surface area (TPSA) is 41.0 Å². The SMILES string of the molecule is CCOc1ccc(/C=N/N2CCN(c3ccccn3)CC2)cc1. The molecule has 5 heteroatoms. The minimum Gasteiger partial charge on any atom is -0.494 e.